The highest BCUT2D eigenvalue weighted by molar-refractivity contribution is 9.10. The molecule has 0 spiro atoms. The highest BCUT2D eigenvalue weighted by Crippen LogP contribution is 2.31. The number of fused-ring (bicyclic) bond motifs is 1. The Labute approximate surface area is 116 Å². The molecular formula is C12H7BrClN3O. The van der Waals surface area contributed by atoms with E-state index in [1.807, 2.05) is 0 Å². The molecular weight excluding hydrogens is 318 g/mol. The molecule has 2 N–H and O–H groups in total. The van der Waals surface area contributed by atoms with Crippen LogP contribution in [0.3, 0.4) is 0 Å². The molecule has 0 bridgehead atoms. The van der Waals surface area contributed by atoms with Gasteiger partial charge in [-0.3, -0.25) is 0 Å². The van der Waals surface area contributed by atoms with Crippen molar-refractivity contribution in [2.75, 3.05) is 5.73 Å². The molecule has 0 unspecified atom stereocenters. The molecule has 0 saturated heterocycles. The smallest absolute Gasteiger partial charge is 0.230 e. The molecule has 6 heteroatoms. The van der Waals surface area contributed by atoms with Crippen molar-refractivity contribution in [3.63, 3.8) is 0 Å². The summed E-state index contributed by atoms with van der Waals surface area (Å²) in [7, 11) is 0. The summed E-state index contributed by atoms with van der Waals surface area (Å²) in [4.78, 5) is 8.44. The average molecular weight is 325 g/mol. The number of pyridine rings is 1. The maximum Gasteiger partial charge on any atom is 0.230 e. The Bertz CT molecular complexity index is 741. The lowest BCUT2D eigenvalue weighted by Gasteiger charge is -2.00. The van der Waals surface area contributed by atoms with Gasteiger partial charge in [-0.15, -0.1) is 0 Å². The zero-order valence-corrected chi connectivity index (χ0v) is 11.4. The van der Waals surface area contributed by atoms with Crippen molar-refractivity contribution in [1.29, 1.82) is 0 Å². The Balaban J connectivity index is 2.22. The molecule has 3 rings (SSSR count). The molecule has 0 radical (unpaired) electrons. The van der Waals surface area contributed by atoms with Gasteiger partial charge >= 0.3 is 0 Å². The summed E-state index contributed by atoms with van der Waals surface area (Å²) in [5, 5.41) is 0.537. The normalized spacial score (nSPS) is 11.0. The number of aromatic nitrogens is 2. The molecule has 0 aliphatic heterocycles. The predicted octanol–water partition coefficient (Wildman–Crippen LogP) is 3.89. The Morgan fingerprint density at radius 3 is 2.94 bits per heavy atom. The number of oxazole rings is 1. The number of benzene rings is 1. The van der Waals surface area contributed by atoms with Gasteiger partial charge in [-0.1, -0.05) is 11.6 Å². The minimum atomic E-state index is 0.410. The minimum Gasteiger partial charge on any atom is -0.434 e. The molecule has 18 heavy (non-hydrogen) atoms. The fourth-order valence-corrected chi connectivity index (χ4v) is 2.13. The van der Waals surface area contributed by atoms with Crippen molar-refractivity contribution in [2.45, 2.75) is 0 Å². The van der Waals surface area contributed by atoms with Crippen LogP contribution in [0.2, 0.25) is 5.02 Å². The summed E-state index contributed by atoms with van der Waals surface area (Å²) in [6, 6.07) is 6.97. The van der Waals surface area contributed by atoms with E-state index in [1.54, 1.807) is 30.5 Å². The number of nitrogen functional groups attached to an aromatic ring is 1. The van der Waals surface area contributed by atoms with E-state index in [1.165, 1.54) is 0 Å². The standard InChI is InChI=1S/C12H7BrClN3O/c13-6-3-10-11(16-5-6)17-12(18-10)8-4-7(15)1-2-9(8)14/h1-5H,15H2. The van der Waals surface area contributed by atoms with Crippen LogP contribution in [0.5, 0.6) is 0 Å². The van der Waals surface area contributed by atoms with Gasteiger partial charge in [0.25, 0.3) is 0 Å². The third kappa shape index (κ3) is 1.95. The zero-order valence-electron chi connectivity index (χ0n) is 9.02. The topological polar surface area (TPSA) is 64.9 Å². The summed E-state index contributed by atoms with van der Waals surface area (Å²) in [5.41, 5.74) is 8.12. The lowest BCUT2D eigenvalue weighted by molar-refractivity contribution is 0.619. The Kier molecular flexibility index (Phi) is 2.72. The number of hydrogen-bond acceptors (Lipinski definition) is 4. The van der Waals surface area contributed by atoms with E-state index < -0.39 is 0 Å². The van der Waals surface area contributed by atoms with Crippen LogP contribution in [0, 0.1) is 0 Å². The molecule has 2 heterocycles. The average Bonchev–Trinajstić information content (AvgIpc) is 2.74. The van der Waals surface area contributed by atoms with Crippen LogP contribution >= 0.6 is 27.5 Å². The van der Waals surface area contributed by atoms with Crippen molar-refractivity contribution < 1.29 is 4.42 Å². The number of anilines is 1. The molecule has 0 atom stereocenters. The van der Waals surface area contributed by atoms with Crippen LogP contribution in [0.25, 0.3) is 22.7 Å². The second-order valence-corrected chi connectivity index (χ2v) is 5.06. The van der Waals surface area contributed by atoms with E-state index >= 15 is 0 Å². The van der Waals surface area contributed by atoms with Crippen LogP contribution < -0.4 is 5.73 Å². The third-order valence-corrected chi connectivity index (χ3v) is 3.20. The molecule has 0 aliphatic rings. The van der Waals surface area contributed by atoms with E-state index in [4.69, 9.17) is 21.8 Å². The van der Waals surface area contributed by atoms with Crippen molar-refractivity contribution in [1.82, 2.24) is 9.97 Å². The van der Waals surface area contributed by atoms with Gasteiger partial charge in [0.2, 0.25) is 5.89 Å². The van der Waals surface area contributed by atoms with Crippen LogP contribution in [-0.2, 0) is 0 Å². The first-order valence-corrected chi connectivity index (χ1v) is 6.28. The SMILES string of the molecule is Nc1ccc(Cl)c(-c2nc3ncc(Br)cc3o2)c1. The molecule has 4 nitrogen and oxygen atoms in total. The van der Waals surface area contributed by atoms with Gasteiger partial charge in [-0.25, -0.2) is 4.98 Å². The second-order valence-electron chi connectivity index (χ2n) is 3.73. The summed E-state index contributed by atoms with van der Waals surface area (Å²) >= 11 is 9.43. The largest absolute Gasteiger partial charge is 0.434 e. The van der Waals surface area contributed by atoms with Gasteiger partial charge in [-0.05, 0) is 34.1 Å². The van der Waals surface area contributed by atoms with Gasteiger partial charge in [0.15, 0.2) is 11.2 Å². The van der Waals surface area contributed by atoms with Crippen molar-refractivity contribution in [3.8, 4) is 11.5 Å². The maximum absolute atomic E-state index is 6.10. The fraction of sp³-hybridized carbons (Fsp3) is 0. The van der Waals surface area contributed by atoms with Crippen molar-refractivity contribution in [3.05, 3.63) is 40.0 Å². The molecule has 2 aromatic heterocycles. The van der Waals surface area contributed by atoms with Gasteiger partial charge in [-0.2, -0.15) is 4.98 Å². The molecule has 0 saturated carbocycles. The van der Waals surface area contributed by atoms with E-state index in [0.717, 1.165) is 4.47 Å². The number of nitrogens with two attached hydrogens (primary N) is 1. The fourth-order valence-electron chi connectivity index (χ4n) is 1.62. The van der Waals surface area contributed by atoms with Gasteiger partial charge < -0.3 is 10.2 Å². The first-order chi connectivity index (χ1) is 8.63. The lowest BCUT2D eigenvalue weighted by Crippen LogP contribution is -1.86. The van der Waals surface area contributed by atoms with Crippen molar-refractivity contribution in [2.24, 2.45) is 0 Å². The number of halogens is 2. The van der Waals surface area contributed by atoms with Crippen LogP contribution in [0.4, 0.5) is 5.69 Å². The van der Waals surface area contributed by atoms with E-state index in [9.17, 15) is 0 Å². The quantitative estimate of drug-likeness (QED) is 0.690. The molecule has 3 aromatic rings. The molecule has 1 aromatic carbocycles. The lowest BCUT2D eigenvalue weighted by atomic mass is 10.2. The van der Waals surface area contributed by atoms with Gasteiger partial charge in [0.1, 0.15) is 0 Å². The highest BCUT2D eigenvalue weighted by Gasteiger charge is 2.12. The second kappa shape index (κ2) is 4.26. The summed E-state index contributed by atoms with van der Waals surface area (Å²) in [6.07, 6.45) is 1.66. The zero-order chi connectivity index (χ0) is 12.7. The maximum atomic E-state index is 6.10. The Morgan fingerprint density at radius 1 is 1.28 bits per heavy atom. The monoisotopic (exact) mass is 323 g/mol. The van der Waals surface area contributed by atoms with E-state index in [2.05, 4.69) is 25.9 Å². The van der Waals surface area contributed by atoms with E-state index in [0.29, 0.717) is 33.4 Å². The molecule has 0 fully saturated rings. The highest BCUT2D eigenvalue weighted by atomic mass is 79.9. The third-order valence-electron chi connectivity index (χ3n) is 2.43. The first kappa shape index (κ1) is 11.5. The Morgan fingerprint density at radius 2 is 2.11 bits per heavy atom. The van der Waals surface area contributed by atoms with Gasteiger partial charge in [0, 0.05) is 22.4 Å². The number of hydrogen-bond donors (Lipinski definition) is 1. The van der Waals surface area contributed by atoms with E-state index in [-0.39, 0.29) is 0 Å². The van der Waals surface area contributed by atoms with Gasteiger partial charge in [0.05, 0.1) is 10.6 Å². The van der Waals surface area contributed by atoms with Crippen LogP contribution in [0.1, 0.15) is 0 Å². The summed E-state index contributed by atoms with van der Waals surface area (Å²) < 4.78 is 6.46. The van der Waals surface area contributed by atoms with Crippen LogP contribution in [0.15, 0.2) is 39.4 Å². The number of rotatable bonds is 1. The molecule has 90 valence electrons. The predicted molar refractivity (Wildman–Crippen MR) is 74.4 cm³/mol. The summed E-state index contributed by atoms with van der Waals surface area (Å²) in [6.45, 7) is 0. The van der Waals surface area contributed by atoms with Crippen LogP contribution in [-0.4, -0.2) is 9.97 Å². The number of nitrogens with zero attached hydrogens (tertiary/aromatic N) is 2. The Hall–Kier alpha value is -1.59. The first-order valence-electron chi connectivity index (χ1n) is 5.11. The van der Waals surface area contributed by atoms with Crippen molar-refractivity contribution >= 4 is 44.4 Å². The minimum absolute atomic E-state index is 0.410. The summed E-state index contributed by atoms with van der Waals surface area (Å²) in [5.74, 6) is 0.410. The molecule has 0 amide bonds. The molecule has 0 aliphatic carbocycles.